The van der Waals surface area contributed by atoms with E-state index in [0.717, 1.165) is 11.6 Å². The van der Waals surface area contributed by atoms with Gasteiger partial charge in [0.2, 0.25) is 5.91 Å². The maximum absolute atomic E-state index is 11.9. The number of carbonyl (C=O) groups excluding carboxylic acids is 1. The second-order valence-corrected chi connectivity index (χ2v) is 6.63. The van der Waals surface area contributed by atoms with Crippen LogP contribution in [0.2, 0.25) is 0 Å². The van der Waals surface area contributed by atoms with Crippen LogP contribution in [0, 0.1) is 5.92 Å². The van der Waals surface area contributed by atoms with Crippen LogP contribution in [0.5, 0.6) is 0 Å². The van der Waals surface area contributed by atoms with Crippen LogP contribution in [0.15, 0.2) is 0 Å². The van der Waals surface area contributed by atoms with Gasteiger partial charge in [-0.15, -0.1) is 10.2 Å². The molecule has 3 fully saturated rings. The number of aromatic nitrogens is 3. The predicted octanol–water partition coefficient (Wildman–Crippen LogP) is 2.30. The Balaban J connectivity index is 1.39. The molecule has 3 aliphatic rings. The maximum atomic E-state index is 11.9. The van der Waals surface area contributed by atoms with Gasteiger partial charge in [-0.25, -0.2) is 0 Å². The van der Waals surface area contributed by atoms with E-state index in [1.54, 1.807) is 0 Å². The minimum Gasteiger partial charge on any atom is -0.349 e. The second-order valence-electron chi connectivity index (χ2n) is 6.63. The molecule has 108 valence electrons. The number of hydrogen-bond donors (Lipinski definition) is 1. The first-order chi connectivity index (χ1) is 9.81. The molecule has 4 rings (SSSR count). The van der Waals surface area contributed by atoms with Gasteiger partial charge in [0, 0.05) is 18.4 Å². The number of rotatable bonds is 6. The summed E-state index contributed by atoms with van der Waals surface area (Å²) in [4.78, 5) is 11.9. The smallest absolute Gasteiger partial charge is 0.220 e. The van der Waals surface area contributed by atoms with E-state index in [9.17, 15) is 4.79 Å². The summed E-state index contributed by atoms with van der Waals surface area (Å²) in [5, 5.41) is 11.7. The molecular weight excluding hydrogens is 252 g/mol. The fraction of sp³-hybridized carbons (Fsp3) is 0.800. The summed E-state index contributed by atoms with van der Waals surface area (Å²) in [6, 6.07) is 0.596. The monoisotopic (exact) mass is 274 g/mol. The second kappa shape index (κ2) is 4.86. The Morgan fingerprint density at radius 2 is 1.95 bits per heavy atom. The van der Waals surface area contributed by atoms with Gasteiger partial charge in [0.05, 0.1) is 6.54 Å². The molecule has 0 saturated heterocycles. The van der Waals surface area contributed by atoms with E-state index in [1.807, 2.05) is 0 Å². The predicted molar refractivity (Wildman–Crippen MR) is 74.1 cm³/mol. The normalized spacial score (nSPS) is 22.6. The molecule has 0 bridgehead atoms. The molecule has 3 saturated carbocycles. The minimum atomic E-state index is 0.174. The van der Waals surface area contributed by atoms with E-state index in [2.05, 4.69) is 20.1 Å². The number of nitrogens with zero attached hydrogens (tertiary/aromatic N) is 3. The molecule has 1 aromatic heterocycles. The van der Waals surface area contributed by atoms with Gasteiger partial charge < -0.3 is 9.88 Å². The third-order valence-electron chi connectivity index (χ3n) is 4.79. The number of carbonyl (C=O) groups is 1. The molecule has 0 radical (unpaired) electrons. The molecule has 0 aromatic carbocycles. The molecule has 0 unspecified atom stereocenters. The van der Waals surface area contributed by atoms with Crippen molar-refractivity contribution in [1.29, 1.82) is 0 Å². The van der Waals surface area contributed by atoms with Crippen molar-refractivity contribution in [2.75, 3.05) is 0 Å². The van der Waals surface area contributed by atoms with Crippen LogP contribution in [0.25, 0.3) is 0 Å². The van der Waals surface area contributed by atoms with E-state index < -0.39 is 0 Å². The molecule has 5 heteroatoms. The van der Waals surface area contributed by atoms with Crippen LogP contribution < -0.4 is 5.32 Å². The van der Waals surface area contributed by atoms with Crippen molar-refractivity contribution in [3.8, 4) is 0 Å². The minimum absolute atomic E-state index is 0.174. The lowest BCUT2D eigenvalue weighted by molar-refractivity contribution is -0.122. The highest BCUT2D eigenvalue weighted by Crippen LogP contribution is 2.44. The highest BCUT2D eigenvalue weighted by molar-refractivity contribution is 5.76. The van der Waals surface area contributed by atoms with Gasteiger partial charge in [-0.1, -0.05) is 6.42 Å². The van der Waals surface area contributed by atoms with Crippen LogP contribution >= 0.6 is 0 Å². The van der Waals surface area contributed by atoms with Crippen molar-refractivity contribution < 1.29 is 4.79 Å². The summed E-state index contributed by atoms with van der Waals surface area (Å²) in [7, 11) is 0. The lowest BCUT2D eigenvalue weighted by Crippen LogP contribution is -2.28. The number of hydrogen-bond acceptors (Lipinski definition) is 3. The highest BCUT2D eigenvalue weighted by atomic mass is 16.1. The maximum Gasteiger partial charge on any atom is 0.220 e. The lowest BCUT2D eigenvalue weighted by Gasteiger charge is -2.24. The van der Waals surface area contributed by atoms with E-state index >= 15 is 0 Å². The molecule has 0 atom stereocenters. The van der Waals surface area contributed by atoms with Crippen molar-refractivity contribution in [3.63, 3.8) is 0 Å². The standard InChI is InChI=1S/C15H22N4O/c20-14(8-10-2-1-3-10)16-9-13-17-18-15(11-4-5-11)19(13)12-6-7-12/h10-12H,1-9H2,(H,16,20). The topological polar surface area (TPSA) is 59.8 Å². The summed E-state index contributed by atoms with van der Waals surface area (Å²) in [6.45, 7) is 0.543. The summed E-state index contributed by atoms with van der Waals surface area (Å²) >= 11 is 0. The first-order valence-electron chi connectivity index (χ1n) is 8.01. The van der Waals surface area contributed by atoms with E-state index in [0.29, 0.717) is 30.8 Å². The molecule has 5 nitrogen and oxygen atoms in total. The van der Waals surface area contributed by atoms with Gasteiger partial charge in [0.1, 0.15) is 5.82 Å². The fourth-order valence-corrected chi connectivity index (χ4v) is 3.02. The fourth-order valence-electron chi connectivity index (χ4n) is 3.02. The molecule has 1 amide bonds. The molecule has 0 aliphatic heterocycles. The molecule has 0 spiro atoms. The summed E-state index contributed by atoms with van der Waals surface area (Å²) < 4.78 is 2.31. The quantitative estimate of drug-likeness (QED) is 0.866. The Hall–Kier alpha value is -1.39. The third-order valence-corrected chi connectivity index (χ3v) is 4.79. The summed E-state index contributed by atoms with van der Waals surface area (Å²) in [6.07, 6.45) is 9.39. The van der Waals surface area contributed by atoms with Crippen molar-refractivity contribution in [1.82, 2.24) is 20.1 Å². The Morgan fingerprint density at radius 3 is 2.55 bits per heavy atom. The molecular formula is C15H22N4O. The van der Waals surface area contributed by atoms with Crippen molar-refractivity contribution in [2.24, 2.45) is 5.92 Å². The largest absolute Gasteiger partial charge is 0.349 e. The van der Waals surface area contributed by atoms with Crippen molar-refractivity contribution in [2.45, 2.75) is 69.9 Å². The van der Waals surface area contributed by atoms with E-state index in [1.165, 1.54) is 44.9 Å². The Bertz CT molecular complexity index is 512. The van der Waals surface area contributed by atoms with Crippen molar-refractivity contribution >= 4 is 5.91 Å². The van der Waals surface area contributed by atoms with Crippen LogP contribution in [0.1, 0.15) is 75.0 Å². The summed E-state index contributed by atoms with van der Waals surface area (Å²) in [5.41, 5.74) is 0. The van der Waals surface area contributed by atoms with Gasteiger partial charge in [0.15, 0.2) is 5.82 Å². The molecule has 1 aromatic rings. The molecule has 20 heavy (non-hydrogen) atoms. The molecule has 3 aliphatic carbocycles. The first kappa shape index (κ1) is 12.4. The first-order valence-corrected chi connectivity index (χ1v) is 8.01. The van der Waals surface area contributed by atoms with Gasteiger partial charge in [-0.3, -0.25) is 4.79 Å². The van der Waals surface area contributed by atoms with E-state index in [4.69, 9.17) is 0 Å². The Kier molecular flexibility index (Phi) is 3.00. The van der Waals surface area contributed by atoms with Crippen LogP contribution in [-0.2, 0) is 11.3 Å². The zero-order valence-corrected chi connectivity index (χ0v) is 11.8. The van der Waals surface area contributed by atoms with Crippen LogP contribution in [-0.4, -0.2) is 20.7 Å². The Morgan fingerprint density at radius 1 is 1.15 bits per heavy atom. The van der Waals surface area contributed by atoms with Gasteiger partial charge in [-0.05, 0) is 44.4 Å². The van der Waals surface area contributed by atoms with Crippen molar-refractivity contribution in [3.05, 3.63) is 11.6 Å². The zero-order valence-electron chi connectivity index (χ0n) is 11.8. The number of nitrogens with one attached hydrogen (secondary N) is 1. The highest BCUT2D eigenvalue weighted by Gasteiger charge is 2.36. The van der Waals surface area contributed by atoms with Gasteiger partial charge >= 0.3 is 0 Å². The SMILES string of the molecule is O=C(CC1CCC1)NCc1nnc(C2CC2)n1C1CC1. The van der Waals surface area contributed by atoms with Crippen LogP contribution in [0.4, 0.5) is 0 Å². The molecule has 1 N–H and O–H groups in total. The van der Waals surface area contributed by atoms with Gasteiger partial charge in [0.25, 0.3) is 0 Å². The number of amides is 1. The Labute approximate surface area is 119 Å². The van der Waals surface area contributed by atoms with E-state index in [-0.39, 0.29) is 5.91 Å². The van der Waals surface area contributed by atoms with Crippen LogP contribution in [0.3, 0.4) is 0 Å². The summed E-state index contributed by atoms with van der Waals surface area (Å²) in [5.74, 6) is 3.54. The third kappa shape index (κ3) is 2.45. The molecule has 1 heterocycles. The zero-order chi connectivity index (χ0) is 13.5. The lowest BCUT2D eigenvalue weighted by atomic mass is 9.83. The average Bonchev–Trinajstić information content (AvgIpc) is 3.30. The van der Waals surface area contributed by atoms with Gasteiger partial charge in [-0.2, -0.15) is 0 Å². The average molecular weight is 274 g/mol.